The van der Waals surface area contributed by atoms with Gasteiger partial charge >= 0.3 is 46.5 Å². The van der Waals surface area contributed by atoms with Crippen molar-refractivity contribution in [3.8, 4) is 0 Å². The molecule has 0 fully saturated rings. The second kappa shape index (κ2) is 48.2. The van der Waals surface area contributed by atoms with Gasteiger partial charge in [-0.15, -0.1) is 13.2 Å². The standard InChI is InChI=1S/C10H107O44Si45/c1-9-83(38)97(47-63-19,96(80-36,81-37)48-82(3)4)99(95(78-34,79-35)46-62-18,53-88(68-24,69-25)41-57-13)90(50-85(7,8)49-84(5,6)10-2,98(93(74-30,75-31)44-60-16,94(76-32,77-33)45-61-17)52-87(66-22,67-23)40-56-12)54-89(91(70-26,71-27)42-58-14,92(72-28,73-29)43-59-15)51-86(64-20,65-21)39-55-11/h9-38,83H,1-2,55-81H2,3-8H3. The lowest BCUT2D eigenvalue weighted by atomic mass is 11.3. The van der Waals surface area contributed by atoms with Gasteiger partial charge in [0.05, 0.1) is 0 Å². The summed E-state index contributed by atoms with van der Waals surface area (Å²) in [6.07, 6.45) is 0. The van der Waals surface area contributed by atoms with E-state index in [-0.39, 0.29) is 0 Å². The normalized spacial score (nSPS) is 25.1. The Balaban J connectivity index is 15.5. The van der Waals surface area contributed by atoms with Crippen LogP contribution in [0, 0.1) is 0 Å². The largest absolute Gasteiger partial charge is 0.457 e. The molecule has 4 atom stereocenters. The molecule has 591 valence electrons. The number of rotatable bonds is 62. The van der Waals surface area contributed by atoms with Crippen LogP contribution in [0.4, 0.5) is 0 Å². The molecule has 0 saturated heterocycles. The third-order valence-corrected chi connectivity index (χ3v) is 477. The summed E-state index contributed by atoms with van der Waals surface area (Å²) in [6.45, 7) is -42.0. The molecule has 0 aliphatic carbocycles. The zero-order valence-electron chi connectivity index (χ0n) is 55.8. The lowest BCUT2D eigenvalue weighted by Gasteiger charge is -2.73. The highest BCUT2D eigenvalue weighted by atomic mass is 30.5. The average molecular weight is 2200 g/mol. The first-order valence-corrected chi connectivity index (χ1v) is 140. The minimum atomic E-state index is -8.09. The van der Waals surface area contributed by atoms with E-state index in [2.05, 4.69) is 13.2 Å². The quantitative estimate of drug-likeness (QED) is 0.0251. The molecular formula is C10H107O44Si45. The molecule has 4 unspecified atom stereocenters. The van der Waals surface area contributed by atoms with E-state index in [1.807, 2.05) is 0 Å². The highest BCUT2D eigenvalue weighted by Gasteiger charge is 3.02. The van der Waals surface area contributed by atoms with E-state index in [9.17, 15) is 134 Å². The first-order chi connectivity index (χ1) is 46.6. The van der Waals surface area contributed by atoms with Crippen LogP contribution in [0.2, 0.25) is 39.3 Å². The van der Waals surface area contributed by atoms with Gasteiger partial charge < -0.3 is 200 Å². The summed E-state index contributed by atoms with van der Waals surface area (Å²) in [7, 11) is -147. The molecule has 0 saturated carbocycles. The molecule has 28 N–H and O–H groups in total. The molecule has 0 heterocycles. The van der Waals surface area contributed by atoms with Gasteiger partial charge in [-0.05, 0) is 39.3 Å². The van der Waals surface area contributed by atoms with Crippen molar-refractivity contribution in [2.45, 2.75) is 39.3 Å². The van der Waals surface area contributed by atoms with E-state index in [1.165, 1.54) is 45.0 Å². The molecule has 0 aromatic rings. The predicted molar refractivity (Wildman–Crippen MR) is 471 cm³/mol. The first kappa shape index (κ1) is 106. The maximum absolute atomic E-state index is 14.6. The van der Waals surface area contributed by atoms with Gasteiger partial charge in [-0.2, -0.15) is 0 Å². The van der Waals surface area contributed by atoms with Crippen LogP contribution in [-0.2, 0) is 65.8 Å². The van der Waals surface area contributed by atoms with Gasteiger partial charge in [0.2, 0.25) is 98.6 Å². The Labute approximate surface area is 648 Å². The Hall–Kier alpha value is 7.48. The van der Waals surface area contributed by atoms with Crippen molar-refractivity contribution < 1.29 is 200 Å². The summed E-state index contributed by atoms with van der Waals surface area (Å²) in [5.74, 6) is 0. The fraction of sp³-hybridized carbons (Fsp3) is 0.600. The van der Waals surface area contributed by atoms with Crippen LogP contribution in [0.3, 0.4) is 0 Å². The minimum Gasteiger partial charge on any atom is -0.457 e. The maximum atomic E-state index is 14.6. The van der Waals surface area contributed by atoms with Crippen LogP contribution in [0.1, 0.15) is 0 Å². The Kier molecular flexibility index (Phi) is 51.9. The minimum absolute atomic E-state index is 0.808. The second-order valence-corrected chi connectivity index (χ2v) is 273. The van der Waals surface area contributed by atoms with E-state index >= 15 is 0 Å². The molecule has 0 aromatic heterocycles. The van der Waals surface area contributed by atoms with Gasteiger partial charge in [0, 0.05) is 0 Å². The van der Waals surface area contributed by atoms with Gasteiger partial charge in [-0.3, -0.25) is 0 Å². The van der Waals surface area contributed by atoms with Crippen molar-refractivity contribution in [1.82, 2.24) is 0 Å². The Morgan fingerprint density at radius 3 is 0.828 bits per heavy atom. The molecule has 1 radical (unpaired) electrons. The van der Waals surface area contributed by atoms with Gasteiger partial charge in [0.25, 0.3) is 118 Å². The van der Waals surface area contributed by atoms with Crippen LogP contribution >= 0.6 is 0 Å². The van der Waals surface area contributed by atoms with Crippen molar-refractivity contribution in [2.24, 2.45) is 0 Å². The average Bonchev–Trinajstić information content (AvgIpc) is 0.633. The highest BCUT2D eigenvalue weighted by Crippen LogP contribution is 2.56. The summed E-state index contributed by atoms with van der Waals surface area (Å²) in [5, 5.41) is 0. The van der Waals surface area contributed by atoms with Crippen LogP contribution in [-0.4, -0.2) is 526 Å². The number of hydrogen-bond acceptors (Lipinski definition) is 44. The summed E-state index contributed by atoms with van der Waals surface area (Å²) < 4.78 is 116. The van der Waals surface area contributed by atoms with Gasteiger partial charge in [-0.1, -0.05) is 11.4 Å². The van der Waals surface area contributed by atoms with Gasteiger partial charge in [0.1, 0.15) is 0 Å². The monoisotopic (exact) mass is 2190 g/mol. The molecule has 0 aliphatic rings. The van der Waals surface area contributed by atoms with E-state index in [0.717, 1.165) is 5.70 Å². The summed E-state index contributed by atoms with van der Waals surface area (Å²) in [4.78, 5) is 356. The molecule has 44 nitrogen and oxygen atoms in total. The lowest BCUT2D eigenvalue weighted by molar-refractivity contribution is 0.292. The second-order valence-electron chi connectivity index (χ2n) is 22.8. The van der Waals surface area contributed by atoms with E-state index in [1.54, 1.807) is 0 Å². The van der Waals surface area contributed by atoms with Crippen molar-refractivity contribution >= 4 is 391 Å². The summed E-state index contributed by atoms with van der Waals surface area (Å²) in [6, 6.07) is 0. The van der Waals surface area contributed by atoms with Crippen molar-refractivity contribution in [2.75, 3.05) is 0 Å². The lowest BCUT2D eigenvalue weighted by Crippen LogP contribution is -3.16. The SMILES string of the molecule is C=C[SiH](O)[Si](O[SiH2]O)([Si](O[Si](C)C)([SiH2]O)[SiH2]O)[Si](O[Si](O[SiH2]O)([SiH2]O)[SiH2]O)([Si](O[SiH2]O)([SiH2]O)[SiH2]O)[Si](O[Si](C)(C)O[Si](C)(C)C=C)(O[Si](O[Si](O[SiH2]O)([SiH2]O)[SiH2]O)([Si](O[SiH2]O)([SiH2]O)[SiH2]O)[Si](O[SiH2]O)([SiH2]O)[SiH2]O)[Si](O[Si](O[SiH2]O)([SiH2]O)[SiH2]O)([Si](O[SiH2]O)([SiH2]O)[SiH2]O)[Si](O[SiH2]O)([SiH2]O)[SiH2]O. The van der Waals surface area contributed by atoms with E-state index in [4.69, 9.17) is 65.8 Å². The topological polar surface area (TPSA) is 714 Å². The molecule has 0 spiro atoms. The van der Waals surface area contributed by atoms with Crippen LogP contribution in [0.5, 0.6) is 0 Å². The fourth-order valence-corrected chi connectivity index (χ4v) is 833. The van der Waals surface area contributed by atoms with Crippen LogP contribution in [0.15, 0.2) is 24.6 Å². The summed E-state index contributed by atoms with van der Waals surface area (Å²) in [5.41, 5.74) is 2.13. The predicted octanol–water partition coefficient (Wildman–Crippen LogP) is -43.7. The van der Waals surface area contributed by atoms with Crippen molar-refractivity contribution in [1.29, 1.82) is 0 Å². The number of hydrogen-bond donors (Lipinski definition) is 28. The van der Waals surface area contributed by atoms with E-state index in [0.29, 0.717) is 0 Å². The molecule has 89 heteroatoms. The Morgan fingerprint density at radius 2 is 0.576 bits per heavy atom. The molecule has 99 heavy (non-hydrogen) atoms. The van der Waals surface area contributed by atoms with Gasteiger partial charge in [0.15, 0.2) is 129 Å². The molecular weight excluding hydrogens is 2090 g/mol. The third kappa shape index (κ3) is 21.3. The van der Waals surface area contributed by atoms with Crippen molar-refractivity contribution in [3.63, 3.8) is 0 Å². The molecule has 0 bridgehead atoms. The van der Waals surface area contributed by atoms with Crippen LogP contribution < -0.4 is 0 Å². The van der Waals surface area contributed by atoms with Crippen LogP contribution in [0.25, 0.3) is 0 Å². The smallest absolute Gasteiger partial charge is 0.338 e. The van der Waals surface area contributed by atoms with E-state index < -0.39 is 391 Å². The Morgan fingerprint density at radius 1 is 0.303 bits per heavy atom. The van der Waals surface area contributed by atoms with Gasteiger partial charge in [-0.25, -0.2) is 0 Å². The maximum Gasteiger partial charge on any atom is 0.338 e. The first-order valence-electron chi connectivity index (χ1n) is 29.4. The molecule has 0 rings (SSSR count). The Bertz CT molecular complexity index is 2210. The molecule has 0 aliphatic heterocycles. The zero-order valence-corrected chi connectivity index (χ0v) is 112. The fourth-order valence-electron chi connectivity index (χ4n) is 12.0. The zero-order chi connectivity index (χ0) is 77.0. The van der Waals surface area contributed by atoms with Crippen molar-refractivity contribution in [3.05, 3.63) is 24.6 Å². The molecule has 0 aromatic carbocycles. The summed E-state index contributed by atoms with van der Waals surface area (Å²) >= 11 is 0. The molecule has 0 amide bonds. The third-order valence-electron chi connectivity index (χ3n) is 16.5. The highest BCUT2D eigenvalue weighted by molar-refractivity contribution is 8.27.